The topological polar surface area (TPSA) is 49.4 Å². The monoisotopic (exact) mass is 300 g/mol. The lowest BCUT2D eigenvalue weighted by molar-refractivity contribution is 0.574. The number of nitrogens with zero attached hydrogens (tertiary/aromatic N) is 1. The molecule has 0 bridgehead atoms. The summed E-state index contributed by atoms with van der Waals surface area (Å²) in [5, 5.41) is 3.28. The average molecular weight is 300 g/mol. The fourth-order valence-corrected chi connectivity index (χ4v) is 3.23. The molecule has 1 N–H and O–H groups in total. The average Bonchev–Trinajstić information content (AvgIpc) is 2.89. The molecule has 0 saturated carbocycles. The molecule has 1 heterocycles. The minimum atomic E-state index is -3.37. The Balaban J connectivity index is 2.33. The summed E-state index contributed by atoms with van der Waals surface area (Å²) in [5.74, 6) is -0.465. The number of rotatable bonds is 5. The zero-order valence-corrected chi connectivity index (χ0v) is 12.7. The minimum absolute atomic E-state index is 0.0275. The van der Waals surface area contributed by atoms with Crippen molar-refractivity contribution in [2.24, 2.45) is 0 Å². The smallest absolute Gasteiger partial charge is 0.175 e. The van der Waals surface area contributed by atoms with Gasteiger partial charge in [-0.1, -0.05) is 6.92 Å². The van der Waals surface area contributed by atoms with E-state index in [0.717, 1.165) is 44.8 Å². The number of hydrogen-bond acceptors (Lipinski definition) is 4. The van der Waals surface area contributed by atoms with Crippen LogP contribution < -0.4 is 10.2 Å². The second-order valence-corrected chi connectivity index (χ2v) is 7.24. The van der Waals surface area contributed by atoms with Crippen molar-refractivity contribution in [1.29, 1.82) is 0 Å². The summed E-state index contributed by atoms with van der Waals surface area (Å²) >= 11 is 0. The van der Waals surface area contributed by atoms with Crippen LogP contribution in [0.5, 0.6) is 0 Å². The molecule has 1 unspecified atom stereocenters. The number of benzene rings is 1. The Labute approximate surface area is 119 Å². The van der Waals surface area contributed by atoms with Crippen molar-refractivity contribution in [2.45, 2.75) is 30.7 Å². The van der Waals surface area contributed by atoms with Gasteiger partial charge in [-0.15, -0.1) is 0 Å². The van der Waals surface area contributed by atoms with Gasteiger partial charge in [0, 0.05) is 25.4 Å². The van der Waals surface area contributed by atoms with Crippen LogP contribution in [0.2, 0.25) is 0 Å². The van der Waals surface area contributed by atoms with Crippen LogP contribution in [0.1, 0.15) is 19.8 Å². The first-order valence-corrected chi connectivity index (χ1v) is 8.79. The SMILES string of the molecule is CCCN(c1ccc(S(C)(=O)=O)cc1F)C1CCNC1. The van der Waals surface area contributed by atoms with Gasteiger partial charge in [0.1, 0.15) is 5.82 Å². The Morgan fingerprint density at radius 1 is 1.45 bits per heavy atom. The number of sulfone groups is 1. The van der Waals surface area contributed by atoms with Gasteiger partial charge in [-0.2, -0.15) is 0 Å². The fraction of sp³-hybridized carbons (Fsp3) is 0.571. The third-order valence-corrected chi connectivity index (χ3v) is 4.71. The van der Waals surface area contributed by atoms with Crippen molar-refractivity contribution in [3.63, 3.8) is 0 Å². The van der Waals surface area contributed by atoms with Gasteiger partial charge in [-0.3, -0.25) is 0 Å². The summed E-state index contributed by atoms with van der Waals surface area (Å²) in [7, 11) is -3.37. The van der Waals surface area contributed by atoms with Crippen molar-refractivity contribution in [3.8, 4) is 0 Å². The number of anilines is 1. The molecule has 2 rings (SSSR count). The van der Waals surface area contributed by atoms with E-state index >= 15 is 0 Å². The number of halogens is 1. The lowest BCUT2D eigenvalue weighted by Gasteiger charge is -2.30. The van der Waals surface area contributed by atoms with E-state index in [0.29, 0.717) is 5.69 Å². The minimum Gasteiger partial charge on any atom is -0.365 e. The molecule has 4 nitrogen and oxygen atoms in total. The molecule has 1 saturated heterocycles. The highest BCUT2D eigenvalue weighted by Gasteiger charge is 2.24. The molecule has 1 aromatic carbocycles. The Kier molecular flexibility index (Phi) is 4.65. The third-order valence-electron chi connectivity index (χ3n) is 3.60. The molecule has 6 heteroatoms. The zero-order chi connectivity index (χ0) is 14.8. The van der Waals surface area contributed by atoms with Crippen LogP contribution in [0, 0.1) is 5.82 Å². The molecule has 0 aliphatic carbocycles. The Morgan fingerprint density at radius 2 is 2.20 bits per heavy atom. The predicted octanol–water partition coefficient (Wildman–Crippen LogP) is 1.81. The molecular weight excluding hydrogens is 279 g/mol. The van der Waals surface area contributed by atoms with Crippen LogP contribution in [-0.4, -0.2) is 40.3 Å². The van der Waals surface area contributed by atoms with Gasteiger partial charge in [-0.25, -0.2) is 12.8 Å². The van der Waals surface area contributed by atoms with E-state index in [-0.39, 0.29) is 10.9 Å². The van der Waals surface area contributed by atoms with Gasteiger partial charge in [0.25, 0.3) is 0 Å². The van der Waals surface area contributed by atoms with Crippen LogP contribution in [0.25, 0.3) is 0 Å². The Hall–Kier alpha value is -1.14. The molecule has 0 aromatic heterocycles. The Bertz CT molecular complexity index is 569. The molecule has 1 aliphatic rings. The Morgan fingerprint density at radius 3 is 2.70 bits per heavy atom. The van der Waals surface area contributed by atoms with E-state index in [1.807, 2.05) is 4.90 Å². The third kappa shape index (κ3) is 3.30. The standard InChI is InChI=1S/C14H21FN2O2S/c1-3-8-17(11-6-7-16-10-11)14-5-4-12(9-13(14)15)20(2,18)19/h4-5,9,11,16H,3,6-8,10H2,1-2H3. The number of hydrogen-bond donors (Lipinski definition) is 1. The summed E-state index contributed by atoms with van der Waals surface area (Å²) in [5.41, 5.74) is 0.493. The first kappa shape index (κ1) is 15.3. The molecule has 1 aromatic rings. The van der Waals surface area contributed by atoms with E-state index in [9.17, 15) is 12.8 Å². The lowest BCUT2D eigenvalue weighted by atomic mass is 10.1. The molecule has 0 radical (unpaired) electrons. The van der Waals surface area contributed by atoms with Crippen LogP contribution in [-0.2, 0) is 9.84 Å². The highest BCUT2D eigenvalue weighted by molar-refractivity contribution is 7.90. The van der Waals surface area contributed by atoms with Gasteiger partial charge >= 0.3 is 0 Å². The lowest BCUT2D eigenvalue weighted by Crippen LogP contribution is -2.38. The second kappa shape index (κ2) is 6.10. The first-order chi connectivity index (χ1) is 9.43. The summed E-state index contributed by atoms with van der Waals surface area (Å²) < 4.78 is 37.2. The summed E-state index contributed by atoms with van der Waals surface area (Å²) in [6.45, 7) is 4.60. The van der Waals surface area contributed by atoms with Crippen molar-refractivity contribution in [3.05, 3.63) is 24.0 Å². The van der Waals surface area contributed by atoms with Crippen molar-refractivity contribution >= 4 is 15.5 Å². The molecule has 20 heavy (non-hydrogen) atoms. The second-order valence-electron chi connectivity index (χ2n) is 5.23. The molecule has 1 atom stereocenters. The normalized spacial score (nSPS) is 19.2. The largest absolute Gasteiger partial charge is 0.365 e. The molecular formula is C14H21FN2O2S. The maximum atomic E-state index is 14.3. The molecule has 0 amide bonds. The highest BCUT2D eigenvalue weighted by atomic mass is 32.2. The van der Waals surface area contributed by atoms with E-state index in [2.05, 4.69) is 12.2 Å². The van der Waals surface area contributed by atoms with E-state index < -0.39 is 15.7 Å². The summed E-state index contributed by atoms with van der Waals surface area (Å²) in [4.78, 5) is 2.07. The fourth-order valence-electron chi connectivity index (χ4n) is 2.60. The summed E-state index contributed by atoms with van der Waals surface area (Å²) in [6, 6.07) is 4.46. The molecule has 1 fully saturated rings. The van der Waals surface area contributed by atoms with Gasteiger partial charge < -0.3 is 10.2 Å². The molecule has 1 aliphatic heterocycles. The molecule has 0 spiro atoms. The quantitative estimate of drug-likeness (QED) is 0.901. The molecule has 112 valence electrons. The van der Waals surface area contributed by atoms with Crippen LogP contribution in [0.4, 0.5) is 10.1 Å². The van der Waals surface area contributed by atoms with Crippen LogP contribution >= 0.6 is 0 Å². The van der Waals surface area contributed by atoms with Gasteiger partial charge in [0.15, 0.2) is 9.84 Å². The van der Waals surface area contributed by atoms with Gasteiger partial charge in [0.2, 0.25) is 0 Å². The van der Waals surface area contributed by atoms with Crippen molar-refractivity contribution in [2.75, 3.05) is 30.8 Å². The zero-order valence-electron chi connectivity index (χ0n) is 11.9. The predicted molar refractivity (Wildman–Crippen MR) is 78.4 cm³/mol. The van der Waals surface area contributed by atoms with E-state index in [1.165, 1.54) is 6.07 Å². The van der Waals surface area contributed by atoms with E-state index in [4.69, 9.17) is 0 Å². The van der Waals surface area contributed by atoms with Gasteiger partial charge in [-0.05, 0) is 37.6 Å². The maximum absolute atomic E-state index is 14.3. The van der Waals surface area contributed by atoms with Crippen molar-refractivity contribution < 1.29 is 12.8 Å². The summed E-state index contributed by atoms with van der Waals surface area (Å²) in [6.07, 6.45) is 2.99. The van der Waals surface area contributed by atoms with E-state index in [1.54, 1.807) is 6.07 Å². The van der Waals surface area contributed by atoms with Crippen molar-refractivity contribution in [1.82, 2.24) is 5.32 Å². The van der Waals surface area contributed by atoms with Gasteiger partial charge in [0.05, 0.1) is 10.6 Å². The highest BCUT2D eigenvalue weighted by Crippen LogP contribution is 2.26. The number of nitrogens with one attached hydrogen (secondary N) is 1. The van der Waals surface area contributed by atoms with Crippen LogP contribution in [0.15, 0.2) is 23.1 Å². The first-order valence-electron chi connectivity index (χ1n) is 6.90. The maximum Gasteiger partial charge on any atom is 0.175 e. The van der Waals surface area contributed by atoms with Crippen LogP contribution in [0.3, 0.4) is 0 Å².